The number of rotatable bonds is 10. The van der Waals surface area contributed by atoms with E-state index in [0.717, 1.165) is 36.4 Å². The summed E-state index contributed by atoms with van der Waals surface area (Å²) >= 11 is 0.306. The largest absolute Gasteiger partial charge is 1.00 e. The van der Waals surface area contributed by atoms with Gasteiger partial charge in [-0.2, -0.15) is 4.33 Å². The van der Waals surface area contributed by atoms with Crippen LogP contribution in [-0.4, -0.2) is 134 Å². The third kappa shape index (κ3) is 19.7. The SMILES string of the molecule is O=C1NC(=O)C(=C2N=C(c3c(O)[nH]c(=O)[nH]c3=O)c3cc(S(=O)(=O)[O-])ccc32)C(=O)N1.O=C1NC(=O)C(=Cc2cc(SOO[O-])cc(S(=O)(=O)[O-])c2)C(=O)N1.O=C1NC(=O)C(=Cc2ccc(C(=O)O)cc2)C(=O)N1.O=C1NC(=O)C(=Cc2cccnc2)C(=O)N1.[Na+].[Na+].[Na+]. The maximum absolute atomic E-state index is 12.3. The fourth-order valence-electron chi connectivity index (χ4n) is 7.49. The number of aromatic hydroxyl groups is 1. The van der Waals surface area contributed by atoms with Crippen molar-refractivity contribution in [3.63, 3.8) is 0 Å². The summed E-state index contributed by atoms with van der Waals surface area (Å²) in [7, 11) is -9.83. The van der Waals surface area contributed by atoms with Gasteiger partial charge in [-0.05, 0) is 83.4 Å². The molecule has 12 N–H and O–H groups in total. The van der Waals surface area contributed by atoms with Crippen LogP contribution >= 0.6 is 12.0 Å². The van der Waals surface area contributed by atoms with Crippen LogP contribution in [0.2, 0.25) is 0 Å². The van der Waals surface area contributed by atoms with Crippen LogP contribution in [0.5, 0.6) is 5.88 Å². The monoisotopic (exact) mass is 1370 g/mol. The van der Waals surface area contributed by atoms with Crippen LogP contribution in [0, 0.1) is 0 Å². The van der Waals surface area contributed by atoms with Gasteiger partial charge in [-0.3, -0.25) is 106 Å². The van der Waals surface area contributed by atoms with Crippen molar-refractivity contribution in [2.45, 2.75) is 14.7 Å². The Morgan fingerprint density at radius 1 is 0.538 bits per heavy atom. The Balaban J connectivity index is 0.000000269. The zero-order valence-electron chi connectivity index (χ0n) is 46.6. The van der Waals surface area contributed by atoms with Crippen molar-refractivity contribution in [3.05, 3.63) is 167 Å². The molecule has 0 saturated carbocycles. The predicted octanol–water partition coefficient (Wildman–Crippen LogP) is -12.9. The summed E-state index contributed by atoms with van der Waals surface area (Å²) in [6.45, 7) is 0. The molecule has 3 aromatic carbocycles. The summed E-state index contributed by atoms with van der Waals surface area (Å²) in [5.41, 5.74) is -4.20. The smallest absolute Gasteiger partial charge is 0.744 e. The Morgan fingerprint density at radius 2 is 1.00 bits per heavy atom. The molecule has 462 valence electrons. The topological polar surface area (TPSA) is 606 Å². The number of nitrogens with one attached hydrogen (secondary N) is 10. The van der Waals surface area contributed by atoms with E-state index < -0.39 is 147 Å². The number of benzene rings is 3. The zero-order chi connectivity index (χ0) is 66.1. The van der Waals surface area contributed by atoms with E-state index in [1.54, 1.807) is 18.3 Å². The van der Waals surface area contributed by atoms with E-state index >= 15 is 0 Å². The van der Waals surface area contributed by atoms with Gasteiger partial charge in [0, 0.05) is 28.4 Å². The van der Waals surface area contributed by atoms with Gasteiger partial charge in [-0.25, -0.2) is 50.6 Å². The van der Waals surface area contributed by atoms with E-state index in [2.05, 4.69) is 19.3 Å². The van der Waals surface area contributed by atoms with Crippen molar-refractivity contribution >= 4 is 139 Å². The average Bonchev–Trinajstić information content (AvgIpc) is 1.60. The van der Waals surface area contributed by atoms with Gasteiger partial charge in [0.15, 0.2) is 0 Å². The van der Waals surface area contributed by atoms with Gasteiger partial charge in [-0.15, -0.1) is 0 Å². The van der Waals surface area contributed by atoms with Crippen LogP contribution in [-0.2, 0) is 68.0 Å². The van der Waals surface area contributed by atoms with E-state index in [1.165, 1.54) is 48.7 Å². The molecule has 44 heteroatoms. The number of hydrogen-bond acceptors (Lipinski definition) is 28. The summed E-state index contributed by atoms with van der Waals surface area (Å²) in [5.74, 6) is -9.28. The molecular formula is C49H29N12Na3O26S3. The predicted molar refractivity (Wildman–Crippen MR) is 287 cm³/mol. The molecule has 38 nitrogen and oxygen atoms in total. The van der Waals surface area contributed by atoms with E-state index in [1.807, 2.05) is 52.5 Å². The van der Waals surface area contributed by atoms with Crippen molar-refractivity contribution in [1.29, 1.82) is 0 Å². The molecule has 4 saturated heterocycles. The third-order valence-electron chi connectivity index (χ3n) is 11.3. The number of aliphatic imine (C=N–C) groups is 1. The molecule has 4 fully saturated rings. The van der Waals surface area contributed by atoms with Crippen molar-refractivity contribution in [2.75, 3.05) is 0 Å². The first kappa shape index (κ1) is 76.3. The van der Waals surface area contributed by atoms with E-state index in [-0.39, 0.29) is 133 Å². The van der Waals surface area contributed by atoms with Gasteiger partial charge >= 0.3 is 124 Å². The number of H-pyrrole nitrogens is 2. The van der Waals surface area contributed by atoms with Crippen LogP contribution in [0.1, 0.15) is 43.7 Å². The number of aromatic amines is 2. The Hall–Kier alpha value is -9.12. The molecule has 0 radical (unpaired) electrons. The number of pyridine rings is 1. The zero-order valence-corrected chi connectivity index (χ0v) is 55.1. The molecule has 0 aliphatic carbocycles. The summed E-state index contributed by atoms with van der Waals surface area (Å²) in [6, 6.07) is 11.0. The minimum absolute atomic E-state index is 0. The maximum Gasteiger partial charge on any atom is 1.00 e. The van der Waals surface area contributed by atoms with Crippen molar-refractivity contribution < 1.29 is 202 Å². The fraction of sp³-hybridized carbons (Fsp3) is 0. The summed E-state index contributed by atoms with van der Waals surface area (Å²) in [6.07, 6.45) is 6.66. The van der Waals surface area contributed by atoms with Crippen molar-refractivity contribution in [1.82, 2.24) is 57.5 Å². The molecule has 0 spiro atoms. The van der Waals surface area contributed by atoms with Gasteiger partial charge in [0.05, 0.1) is 38.8 Å². The molecule has 5 aliphatic rings. The summed E-state index contributed by atoms with van der Waals surface area (Å²) < 4.78 is 71.8. The molecule has 5 aromatic rings. The number of carboxylic acids is 1. The van der Waals surface area contributed by atoms with E-state index in [9.17, 15) is 108 Å². The number of carbonyl (C=O) groups is 13. The summed E-state index contributed by atoms with van der Waals surface area (Å²) in [5, 5.41) is 46.9. The van der Waals surface area contributed by atoms with Crippen LogP contribution in [0.4, 0.5) is 19.2 Å². The molecule has 5 aliphatic heterocycles. The number of urea groups is 4. The molecule has 0 atom stereocenters. The van der Waals surface area contributed by atoms with Crippen molar-refractivity contribution in [2.24, 2.45) is 4.99 Å². The van der Waals surface area contributed by atoms with Crippen molar-refractivity contribution in [3.8, 4) is 5.88 Å². The number of hydrogen-bond donors (Lipinski definition) is 12. The standard InChI is InChI=1S/C16H9N5O9S.C12H8N2O5.C11H8N2O9S2.C10H7N3O3.3Na/c22-11-7(12(23)19-15(26)18-11)9-5-2-1-4(31(28,29)30)3-6(5)10(17-9)8-13(24)20-16(27)21-14(8)25;15-9-8(10(16)14-12(19)13-9)5-6-1-3-7(4-2-6)11(17)18;14-9-8(10(15)13-11(16)12-9)3-5-1-6(23-22-21-17)4-7(2-5)24(18,19)20;14-8-7(9(15)13-10(16)12-8)4-6-2-1-3-11-5-6;;;/h1-3H,(H,28,29,30)(H2,18,19,22,23,26)(H3,20,21,24,25,27);1-5H,(H,17,18)(H2,13,14,15,16,19);1-4,17H,(H,18,19,20)(H2,12,13,14,15,16);1-5H,(H2,12,13,14,15,16);;;/q;;;;3*+1/p-3. The number of imide groups is 8. The Labute approximate surface area is 586 Å². The Bertz CT molecular complexity index is 4500. The van der Waals surface area contributed by atoms with E-state index in [0.29, 0.717) is 23.2 Å². The molecule has 16 amide bonds. The Morgan fingerprint density at radius 3 is 1.43 bits per heavy atom. The minimum atomic E-state index is -4.96. The second kappa shape index (κ2) is 32.4. The number of carboxylic acid groups (broad SMARTS) is 1. The Kier molecular flexibility index (Phi) is 26.6. The number of nitrogens with zero attached hydrogens (tertiary/aromatic N) is 2. The minimum Gasteiger partial charge on any atom is -0.744 e. The number of amides is 16. The fourth-order valence-corrected chi connectivity index (χ4v) is 9.08. The molecule has 7 heterocycles. The molecule has 10 rings (SSSR count). The third-order valence-corrected chi connectivity index (χ3v) is 13.5. The van der Waals surface area contributed by atoms with Crippen LogP contribution in [0.15, 0.2) is 137 Å². The van der Waals surface area contributed by atoms with Gasteiger partial charge < -0.3 is 24.6 Å². The maximum atomic E-state index is 12.3. The first-order valence-electron chi connectivity index (χ1n) is 23.6. The average molecular weight is 1370 g/mol. The number of barbiturate groups is 4. The first-order valence-corrected chi connectivity index (χ1v) is 27.2. The molecular weight excluding hydrogens is 1340 g/mol. The molecule has 0 bridgehead atoms. The number of aromatic carboxylic acids is 1. The van der Waals surface area contributed by atoms with Gasteiger partial charge in [-0.1, -0.05) is 24.3 Å². The van der Waals surface area contributed by atoms with E-state index in [4.69, 9.17) is 5.11 Å². The normalized spacial score (nSPS) is 14.9. The second-order valence-corrected chi connectivity index (χ2v) is 20.8. The molecule has 0 unspecified atom stereocenters. The first-order chi connectivity index (χ1) is 42.3. The number of fused-ring (bicyclic) bond motifs is 1. The second-order valence-electron chi connectivity index (χ2n) is 17.2. The van der Waals surface area contributed by atoms with Crippen LogP contribution < -0.4 is 148 Å². The van der Waals surface area contributed by atoms with Gasteiger partial charge in [0.25, 0.3) is 52.8 Å². The molecule has 2 aromatic heterocycles. The summed E-state index contributed by atoms with van der Waals surface area (Å²) in [4.78, 5) is 182. The molecule has 93 heavy (non-hydrogen) atoms. The quantitative estimate of drug-likeness (QED) is 0.0117. The van der Waals surface area contributed by atoms with Gasteiger partial charge in [0.1, 0.15) is 48.1 Å². The number of aromatic nitrogens is 3. The van der Waals surface area contributed by atoms with Gasteiger partial charge in [0.2, 0.25) is 5.88 Å². The van der Waals surface area contributed by atoms with Crippen LogP contribution in [0.25, 0.3) is 23.9 Å². The van der Waals surface area contributed by atoms with Crippen LogP contribution in [0.3, 0.4) is 0 Å². The number of carbonyl (C=O) groups excluding carboxylic acids is 12.